The SMILES string of the molecule is CC1(C)c2cc3ccccc3cc2N2c3cc4cc(-c5ccc(-c6ccc(N7B8c9cccc%10c9N(c9cc%11ccccc%11cc9C%109c%10ccccc%10-c%10ccccc%109)c9c8c(cc8ccccc98)-c8ccc(-c9ccccc9)cc87)cc6)cc5)ccc4c4c3B(c3cccc1c32)N(c1cccc2c1C(C)(C)c1ccccc1-2)c1ccc(-c2ccccc2)cc1-4. The molecule has 2 aliphatic carbocycles. The summed E-state index contributed by atoms with van der Waals surface area (Å²) in [4.78, 5) is 10.9. The first-order valence-corrected chi connectivity index (χ1v) is 44.2. The number of hydrogen-bond donors (Lipinski definition) is 0. The van der Waals surface area contributed by atoms with Crippen LogP contribution in [0, 0.1) is 0 Å². The summed E-state index contributed by atoms with van der Waals surface area (Å²) in [6, 6.07) is 154. The number of nitrogens with zero attached hydrogens (tertiary/aromatic N) is 4. The van der Waals surface area contributed by atoms with Crippen LogP contribution in [0.1, 0.15) is 72.2 Å². The first-order valence-electron chi connectivity index (χ1n) is 44.2. The molecule has 6 heterocycles. The highest BCUT2D eigenvalue weighted by molar-refractivity contribution is 6.95. The van der Waals surface area contributed by atoms with Crippen molar-refractivity contribution >= 4 is 136 Å². The maximum absolute atomic E-state index is 2.78. The maximum Gasteiger partial charge on any atom is 0.333 e. The Kier molecular flexibility index (Phi) is 13.9. The van der Waals surface area contributed by atoms with E-state index in [0.717, 1.165) is 16.8 Å². The lowest BCUT2D eigenvalue weighted by molar-refractivity contribution is 0.633. The molecule has 1 spiro atoms. The average molecular weight is 1590 g/mol. The van der Waals surface area contributed by atoms with Gasteiger partial charge in [-0.1, -0.05) is 349 Å². The Hall–Kier alpha value is -15.2. The molecule has 6 aliphatic heterocycles. The van der Waals surface area contributed by atoms with Crippen molar-refractivity contribution in [1.82, 2.24) is 0 Å². The lowest BCUT2D eigenvalue weighted by Gasteiger charge is -2.52. The van der Waals surface area contributed by atoms with E-state index < -0.39 is 5.41 Å². The molecule has 0 atom stereocenters. The van der Waals surface area contributed by atoms with Crippen LogP contribution in [0.4, 0.5) is 56.9 Å². The van der Waals surface area contributed by atoms with Gasteiger partial charge in [0, 0.05) is 67.2 Å². The number of anilines is 10. The maximum atomic E-state index is 2.78. The van der Waals surface area contributed by atoms with Crippen LogP contribution >= 0.6 is 0 Å². The number of fused-ring (bicyclic) bond motifs is 28. The molecular formula is C119H78B2N4. The highest BCUT2D eigenvalue weighted by Crippen LogP contribution is 2.67. The third-order valence-electron chi connectivity index (χ3n) is 30.0. The molecule has 0 fully saturated rings. The standard InChI is InChI=1S/C119H78B2N4/c1-117(2)98-43-24-45-102-115(98)122(107-68-78-32-13-11-30-76(78)65-100(107)117)109-70-84-62-80(54-59-86(84)110-94-63-81(71-26-7-5-8-27-71)56-61-104(94)125(121(102)113(109)110)105-47-23-39-92-90-38-17-20-40-95(90)118(3,4)111(92)105)75-50-48-73(49-51-75)74-52-57-85(58-53-74)124-106-67-82(72-28-9-6-10-29-72)55-60-91(106)93-64-83-34-15-16-35-87(83)114-112(93)120(124)103-46-25-44-99-116(103)123(114)108-69-79-33-14-12-31-77(79)66-101(108)119(99)96-41-21-18-36-88(96)89-37-19-22-42-97(89)119/h5-70H,1-4H3. The van der Waals surface area contributed by atoms with E-state index in [4.69, 9.17) is 0 Å². The summed E-state index contributed by atoms with van der Waals surface area (Å²) in [6.07, 6.45) is 0. The third kappa shape index (κ3) is 9.17. The summed E-state index contributed by atoms with van der Waals surface area (Å²) >= 11 is 0. The first-order chi connectivity index (χ1) is 61.5. The Morgan fingerprint density at radius 2 is 0.696 bits per heavy atom. The molecule has 0 radical (unpaired) electrons. The van der Waals surface area contributed by atoms with Crippen molar-refractivity contribution in [2.24, 2.45) is 0 Å². The zero-order valence-electron chi connectivity index (χ0n) is 69.5. The number of benzene rings is 20. The Bertz CT molecular complexity index is 8160. The molecule has 125 heavy (non-hydrogen) atoms. The fraction of sp³-hybridized carbons (Fsp3) is 0.0588. The Balaban J connectivity index is 0.615. The topological polar surface area (TPSA) is 13.0 Å². The molecule has 28 rings (SSSR count). The number of rotatable bonds is 6. The fourth-order valence-electron chi connectivity index (χ4n) is 24.6. The monoisotopic (exact) mass is 1580 g/mol. The average Bonchev–Trinajstić information content (AvgIpc) is 1.65. The molecule has 0 aromatic heterocycles. The second-order valence-electron chi connectivity index (χ2n) is 36.8. The summed E-state index contributed by atoms with van der Waals surface area (Å²) in [5.41, 5.74) is 46.6. The summed E-state index contributed by atoms with van der Waals surface area (Å²) in [7, 11) is 0. The fourth-order valence-corrected chi connectivity index (χ4v) is 24.6. The highest BCUT2D eigenvalue weighted by atomic mass is 15.2. The van der Waals surface area contributed by atoms with E-state index in [9.17, 15) is 0 Å². The third-order valence-corrected chi connectivity index (χ3v) is 30.0. The van der Waals surface area contributed by atoms with Gasteiger partial charge in [0.05, 0.1) is 22.5 Å². The van der Waals surface area contributed by atoms with Gasteiger partial charge >= 0.3 is 13.7 Å². The smallest absolute Gasteiger partial charge is 0.333 e. The van der Waals surface area contributed by atoms with Crippen LogP contribution in [0.2, 0.25) is 0 Å². The second kappa shape index (κ2) is 25.0. The predicted molar refractivity (Wildman–Crippen MR) is 526 cm³/mol. The van der Waals surface area contributed by atoms with Crippen molar-refractivity contribution < 1.29 is 0 Å². The van der Waals surface area contributed by atoms with Crippen molar-refractivity contribution in [3.63, 3.8) is 0 Å². The molecule has 6 heteroatoms. The van der Waals surface area contributed by atoms with Crippen molar-refractivity contribution in [3.8, 4) is 89.0 Å². The van der Waals surface area contributed by atoms with E-state index >= 15 is 0 Å². The minimum absolute atomic E-state index is 0.185. The summed E-state index contributed by atoms with van der Waals surface area (Å²) < 4.78 is 0. The van der Waals surface area contributed by atoms with Gasteiger partial charge in [0.25, 0.3) is 0 Å². The van der Waals surface area contributed by atoms with Crippen LogP contribution in [-0.2, 0) is 16.2 Å². The van der Waals surface area contributed by atoms with Crippen molar-refractivity contribution in [1.29, 1.82) is 0 Å². The number of para-hydroxylation sites is 2. The largest absolute Gasteiger partial charge is 0.376 e. The highest BCUT2D eigenvalue weighted by Gasteiger charge is 2.58. The van der Waals surface area contributed by atoms with Gasteiger partial charge in [0.1, 0.15) is 0 Å². The molecule has 0 bridgehead atoms. The molecule has 0 N–H and O–H groups in total. The molecule has 8 aliphatic rings. The molecule has 0 amide bonds. The number of hydrogen-bond acceptors (Lipinski definition) is 4. The predicted octanol–water partition coefficient (Wildman–Crippen LogP) is 28.0. The Labute approximate surface area is 727 Å². The van der Waals surface area contributed by atoms with Crippen LogP contribution in [0.15, 0.2) is 400 Å². The van der Waals surface area contributed by atoms with Gasteiger partial charge in [-0.05, 0) is 261 Å². The zero-order chi connectivity index (χ0) is 82.2. The molecule has 0 saturated heterocycles. The van der Waals surface area contributed by atoms with Gasteiger partial charge in [-0.25, -0.2) is 0 Å². The van der Waals surface area contributed by atoms with E-state index in [1.54, 1.807) is 0 Å². The van der Waals surface area contributed by atoms with Crippen molar-refractivity contribution in [2.75, 3.05) is 19.4 Å². The zero-order valence-corrected chi connectivity index (χ0v) is 69.5. The van der Waals surface area contributed by atoms with Crippen LogP contribution in [-0.4, -0.2) is 13.7 Å². The van der Waals surface area contributed by atoms with Gasteiger partial charge in [-0.15, -0.1) is 0 Å². The summed E-state index contributed by atoms with van der Waals surface area (Å²) in [6.45, 7) is 9.38. The molecule has 0 saturated carbocycles. The first kappa shape index (κ1) is 69.4. The molecular weight excluding hydrogens is 1510 g/mol. The minimum Gasteiger partial charge on any atom is -0.376 e. The van der Waals surface area contributed by atoms with Gasteiger partial charge in [-0.2, -0.15) is 0 Å². The van der Waals surface area contributed by atoms with Gasteiger partial charge < -0.3 is 19.4 Å². The van der Waals surface area contributed by atoms with Crippen LogP contribution in [0.25, 0.3) is 132 Å². The lowest BCUT2D eigenvalue weighted by Crippen LogP contribution is -2.62. The summed E-state index contributed by atoms with van der Waals surface area (Å²) in [5, 5.41) is 9.86. The van der Waals surface area contributed by atoms with Gasteiger partial charge in [0.2, 0.25) is 0 Å². The van der Waals surface area contributed by atoms with Gasteiger partial charge in [-0.3, -0.25) is 0 Å². The molecule has 4 nitrogen and oxygen atoms in total. The Morgan fingerprint density at radius 1 is 0.216 bits per heavy atom. The van der Waals surface area contributed by atoms with E-state index in [1.165, 1.54) is 239 Å². The van der Waals surface area contributed by atoms with Gasteiger partial charge in [0.15, 0.2) is 0 Å². The Morgan fingerprint density at radius 3 is 1.38 bits per heavy atom. The van der Waals surface area contributed by atoms with Crippen LogP contribution < -0.4 is 41.3 Å². The lowest BCUT2D eigenvalue weighted by atomic mass is 9.42. The second-order valence-corrected chi connectivity index (χ2v) is 36.8. The van der Waals surface area contributed by atoms with Crippen molar-refractivity contribution in [3.05, 3.63) is 445 Å². The minimum atomic E-state index is -0.630. The quantitative estimate of drug-likeness (QED) is 0.154. The van der Waals surface area contributed by atoms with Crippen LogP contribution in [0.3, 0.4) is 0 Å². The molecule has 20 aromatic carbocycles. The van der Waals surface area contributed by atoms with Crippen molar-refractivity contribution in [2.45, 2.75) is 43.9 Å². The summed E-state index contributed by atoms with van der Waals surface area (Å²) in [5.74, 6) is 0. The molecule has 0 unspecified atom stereocenters. The normalized spacial score (nSPS) is 15.0. The van der Waals surface area contributed by atoms with E-state index in [-0.39, 0.29) is 24.5 Å². The molecule has 20 aromatic rings. The van der Waals surface area contributed by atoms with E-state index in [1.807, 2.05) is 0 Å². The van der Waals surface area contributed by atoms with E-state index in [0.29, 0.717) is 0 Å². The molecule has 580 valence electrons. The van der Waals surface area contributed by atoms with E-state index in [2.05, 4.69) is 447 Å². The van der Waals surface area contributed by atoms with Crippen LogP contribution in [0.5, 0.6) is 0 Å².